The molecule has 2 amide bonds. The van der Waals surface area contributed by atoms with E-state index < -0.39 is 0 Å². The van der Waals surface area contributed by atoms with Gasteiger partial charge in [-0.15, -0.1) is 9.24 Å². The van der Waals surface area contributed by atoms with Crippen LogP contribution in [0.2, 0.25) is 0 Å². The Labute approximate surface area is 222 Å². The molecule has 1 heterocycles. The lowest BCUT2D eigenvalue weighted by Gasteiger charge is -2.42. The van der Waals surface area contributed by atoms with Crippen molar-refractivity contribution in [3.8, 4) is 0 Å². The van der Waals surface area contributed by atoms with Crippen LogP contribution < -0.4 is 5.32 Å². The zero-order chi connectivity index (χ0) is 25.0. The van der Waals surface area contributed by atoms with Gasteiger partial charge in [0.2, 0.25) is 0 Å². The molecule has 194 valence electrons. The molecule has 2 aromatic carbocycles. The predicted octanol–water partition coefficient (Wildman–Crippen LogP) is 7.73. The number of rotatable bonds is 6. The highest BCUT2D eigenvalue weighted by Crippen LogP contribution is 2.63. The van der Waals surface area contributed by atoms with E-state index in [-0.39, 0.29) is 25.2 Å². The number of carbonyl (C=O) groups excluding carboxylic acids is 1. The highest BCUT2D eigenvalue weighted by Gasteiger charge is 2.51. The Morgan fingerprint density at radius 2 is 1.28 bits per heavy atom. The van der Waals surface area contributed by atoms with Crippen LogP contribution in [0.15, 0.2) is 60.7 Å². The molecule has 3 aliphatic rings. The lowest BCUT2D eigenvalue weighted by molar-refractivity contribution is 0.186. The molecule has 2 aliphatic carbocycles. The maximum Gasteiger partial charge on any atom is 0.317 e. The summed E-state index contributed by atoms with van der Waals surface area (Å²) in [5, 5.41) is 2.69. The molecular formula is C31H44N2OP2. The van der Waals surface area contributed by atoms with E-state index in [2.05, 4.69) is 80.1 Å². The molecule has 1 saturated heterocycles. The smallest absolute Gasteiger partial charge is 0.317 e. The van der Waals surface area contributed by atoms with Crippen LogP contribution in [0.1, 0.15) is 81.8 Å². The molecule has 0 spiro atoms. The molecule has 5 rings (SSSR count). The fourth-order valence-electron chi connectivity index (χ4n) is 7.46. The lowest BCUT2D eigenvalue weighted by atomic mass is 9.82. The molecule has 2 aromatic rings. The third kappa shape index (κ3) is 5.26. The van der Waals surface area contributed by atoms with Gasteiger partial charge in [0.05, 0.1) is 11.2 Å². The van der Waals surface area contributed by atoms with Crippen molar-refractivity contribution in [1.82, 2.24) is 10.2 Å². The van der Waals surface area contributed by atoms with E-state index in [1.54, 1.807) is 7.05 Å². The van der Waals surface area contributed by atoms with Gasteiger partial charge in [-0.2, -0.15) is 0 Å². The Kier molecular flexibility index (Phi) is 8.70. The summed E-state index contributed by atoms with van der Waals surface area (Å²) in [5.74, 6) is 0. The van der Waals surface area contributed by atoms with Crippen LogP contribution >= 0.6 is 17.2 Å². The van der Waals surface area contributed by atoms with Gasteiger partial charge < -0.3 is 10.2 Å². The highest BCUT2D eigenvalue weighted by atomic mass is 31.1. The third-order valence-electron chi connectivity index (χ3n) is 9.20. The van der Waals surface area contributed by atoms with E-state index in [1.165, 1.54) is 75.3 Å². The molecular weight excluding hydrogens is 478 g/mol. The number of nitrogens with one attached hydrogen (secondary N) is 1. The predicted molar refractivity (Wildman–Crippen MR) is 157 cm³/mol. The van der Waals surface area contributed by atoms with Gasteiger partial charge in [-0.1, -0.05) is 107 Å². The Morgan fingerprint density at radius 3 is 1.72 bits per heavy atom. The number of urea groups is 1. The molecule has 2 saturated carbocycles. The lowest BCUT2D eigenvalue weighted by Crippen LogP contribution is -2.49. The monoisotopic (exact) mass is 522 g/mol. The molecule has 1 N–H and O–H groups in total. The van der Waals surface area contributed by atoms with Crippen LogP contribution in [0.25, 0.3) is 0 Å². The average Bonchev–Trinajstić information content (AvgIpc) is 3.40. The van der Waals surface area contributed by atoms with Crippen LogP contribution in [0, 0.1) is 0 Å². The SMILES string of the molecule is CNC(=O)N1C[C@H](P(C2CCCCC2)C2CCCCC2)C[C@@H]1C(P)(c1ccccc1)c1ccccc1. The van der Waals surface area contributed by atoms with E-state index in [0.29, 0.717) is 5.66 Å². The summed E-state index contributed by atoms with van der Waals surface area (Å²) in [4.78, 5) is 15.7. The Bertz CT molecular complexity index is 915. The standard InChI is InChI=1S/C31H44N2OP2/c1-32-30(34)33-23-28(36(26-18-10-4-11-19-26)27-20-12-5-13-21-27)22-29(33)31(35,24-14-6-2-7-15-24)25-16-8-3-9-17-25/h2-3,6-9,14-17,26-29H,4-5,10-13,18-23,35H2,1H3,(H,32,34)/t28-,29-/m1/s1. The minimum atomic E-state index is -0.329. The van der Waals surface area contributed by atoms with E-state index >= 15 is 0 Å². The molecule has 5 heteroatoms. The van der Waals surface area contributed by atoms with Crippen LogP contribution in [0.5, 0.6) is 0 Å². The molecule has 3 nitrogen and oxygen atoms in total. The fourth-order valence-corrected chi connectivity index (χ4v) is 12.7. The van der Waals surface area contributed by atoms with E-state index in [9.17, 15) is 4.79 Å². The van der Waals surface area contributed by atoms with Gasteiger partial charge >= 0.3 is 6.03 Å². The summed E-state index contributed by atoms with van der Waals surface area (Å²) in [6.45, 7) is 0.916. The van der Waals surface area contributed by atoms with E-state index in [4.69, 9.17) is 0 Å². The summed E-state index contributed by atoms with van der Waals surface area (Å²) in [6, 6.07) is 22.0. The van der Waals surface area contributed by atoms with Crippen molar-refractivity contribution < 1.29 is 4.79 Å². The van der Waals surface area contributed by atoms with E-state index in [1.807, 2.05) is 0 Å². The number of likely N-dealkylation sites (tertiary alicyclic amines) is 1. The van der Waals surface area contributed by atoms with Crippen LogP contribution in [0.4, 0.5) is 4.79 Å². The number of hydrogen-bond acceptors (Lipinski definition) is 1. The molecule has 0 aromatic heterocycles. The van der Waals surface area contributed by atoms with Gasteiger partial charge in [0.15, 0.2) is 0 Å². The van der Waals surface area contributed by atoms with Gasteiger partial charge in [-0.05, 0) is 60.2 Å². The van der Waals surface area contributed by atoms with Gasteiger partial charge in [-0.25, -0.2) is 4.79 Å². The molecule has 0 bridgehead atoms. The van der Waals surface area contributed by atoms with Gasteiger partial charge in [-0.3, -0.25) is 0 Å². The van der Waals surface area contributed by atoms with E-state index in [0.717, 1.165) is 24.3 Å². The molecule has 1 aliphatic heterocycles. The average molecular weight is 523 g/mol. The fraction of sp³-hybridized carbons (Fsp3) is 0.581. The summed E-state index contributed by atoms with van der Waals surface area (Å²) >= 11 is 0. The summed E-state index contributed by atoms with van der Waals surface area (Å²) in [5.41, 5.74) is 5.00. The topological polar surface area (TPSA) is 32.3 Å². The van der Waals surface area contributed by atoms with Crippen molar-refractivity contribution in [2.24, 2.45) is 0 Å². The Hall–Kier alpha value is -1.43. The minimum Gasteiger partial charge on any atom is -0.341 e. The first-order valence-electron chi connectivity index (χ1n) is 14.3. The maximum atomic E-state index is 13.5. The zero-order valence-electron chi connectivity index (χ0n) is 21.9. The summed E-state index contributed by atoms with van der Waals surface area (Å²) < 4.78 is 0. The number of amides is 2. The van der Waals surface area contributed by atoms with Crippen molar-refractivity contribution in [2.45, 2.75) is 98.8 Å². The molecule has 0 radical (unpaired) electrons. The van der Waals surface area contributed by atoms with Crippen molar-refractivity contribution in [2.75, 3.05) is 13.6 Å². The summed E-state index contributed by atoms with van der Waals surface area (Å²) in [6.07, 6.45) is 15.3. The first-order valence-corrected chi connectivity index (χ1v) is 16.4. The van der Waals surface area contributed by atoms with Crippen molar-refractivity contribution >= 4 is 23.2 Å². The first kappa shape index (κ1) is 26.2. The molecule has 36 heavy (non-hydrogen) atoms. The van der Waals surface area contributed by atoms with Crippen molar-refractivity contribution in [3.05, 3.63) is 71.8 Å². The van der Waals surface area contributed by atoms with Crippen molar-refractivity contribution in [1.29, 1.82) is 0 Å². The molecule has 1 unspecified atom stereocenters. The second-order valence-corrected chi connectivity index (χ2v) is 15.2. The van der Waals surface area contributed by atoms with Gasteiger partial charge in [0.1, 0.15) is 0 Å². The number of benzene rings is 2. The van der Waals surface area contributed by atoms with Gasteiger partial charge in [0.25, 0.3) is 0 Å². The second-order valence-electron chi connectivity index (χ2n) is 11.2. The largest absolute Gasteiger partial charge is 0.341 e. The third-order valence-corrected chi connectivity index (χ3v) is 14.2. The minimum absolute atomic E-state index is 0.0865. The zero-order valence-corrected chi connectivity index (χ0v) is 24.0. The number of nitrogens with zero attached hydrogens (tertiary/aromatic N) is 1. The van der Waals surface area contributed by atoms with Gasteiger partial charge in [0, 0.05) is 13.6 Å². The maximum absolute atomic E-state index is 13.5. The number of hydrogen-bond donors (Lipinski definition) is 1. The van der Waals surface area contributed by atoms with Crippen molar-refractivity contribution in [3.63, 3.8) is 0 Å². The highest BCUT2D eigenvalue weighted by molar-refractivity contribution is 7.60. The van der Waals surface area contributed by atoms with Crippen LogP contribution in [0.3, 0.4) is 0 Å². The van der Waals surface area contributed by atoms with Crippen LogP contribution in [-0.4, -0.2) is 47.5 Å². The van der Waals surface area contributed by atoms with Crippen LogP contribution in [-0.2, 0) is 5.16 Å². The molecule has 3 atom stereocenters. The second kappa shape index (κ2) is 12.0. The Morgan fingerprint density at radius 1 is 0.806 bits per heavy atom. The quantitative estimate of drug-likeness (QED) is 0.387. The summed E-state index contributed by atoms with van der Waals surface area (Å²) in [7, 11) is 4.95. The first-order chi connectivity index (χ1) is 17.6. The molecule has 3 fully saturated rings. The Balaban J connectivity index is 1.54. The normalized spacial score (nSPS) is 24.2. The number of carbonyl (C=O) groups is 1.